The van der Waals surface area contributed by atoms with Crippen molar-refractivity contribution in [2.75, 3.05) is 26.0 Å². The zero-order valence-electron chi connectivity index (χ0n) is 13.9. The maximum atomic E-state index is 12.4. The fourth-order valence-electron chi connectivity index (χ4n) is 1.96. The van der Waals surface area contributed by atoms with E-state index in [0.29, 0.717) is 22.1 Å². The van der Waals surface area contributed by atoms with Crippen LogP contribution < -0.4 is 10.1 Å². The molecule has 5 nitrogen and oxygen atoms in total. The number of Topliss-reactive ketones (excluding diaryl/α,β-unsaturated/α-hetero) is 1. The molecule has 0 fully saturated rings. The van der Waals surface area contributed by atoms with Crippen LogP contribution in [0.15, 0.2) is 41.0 Å². The van der Waals surface area contributed by atoms with Crippen molar-refractivity contribution in [2.45, 2.75) is 13.0 Å². The topological polar surface area (TPSA) is 65.4 Å². The SMILES string of the molecule is C=CCc1cc(OC(F)F)c(Br)cc1NCC(=O)/C(C#N)=C/N(C)C. The first-order chi connectivity index (χ1) is 11.8. The average molecular weight is 414 g/mol. The molecule has 0 aliphatic rings. The molecule has 0 aromatic heterocycles. The van der Waals surface area contributed by atoms with Crippen LogP contribution in [0, 0.1) is 11.3 Å². The van der Waals surface area contributed by atoms with Gasteiger partial charge in [0, 0.05) is 26.0 Å². The summed E-state index contributed by atoms with van der Waals surface area (Å²) in [6.45, 7) is 0.572. The minimum atomic E-state index is -2.94. The number of nitriles is 1. The molecular formula is C17H18BrF2N3O2. The van der Waals surface area contributed by atoms with Crippen molar-refractivity contribution in [3.8, 4) is 11.8 Å². The molecule has 0 aliphatic heterocycles. The fourth-order valence-corrected chi connectivity index (χ4v) is 2.40. The van der Waals surface area contributed by atoms with Gasteiger partial charge in [-0.3, -0.25) is 4.79 Å². The second kappa shape index (κ2) is 9.79. The lowest BCUT2D eigenvalue weighted by molar-refractivity contribution is -0.113. The van der Waals surface area contributed by atoms with E-state index in [9.17, 15) is 13.6 Å². The van der Waals surface area contributed by atoms with E-state index in [2.05, 4.69) is 32.6 Å². The van der Waals surface area contributed by atoms with E-state index in [1.165, 1.54) is 12.3 Å². The summed E-state index contributed by atoms with van der Waals surface area (Å²) < 4.78 is 29.6. The number of halogens is 3. The summed E-state index contributed by atoms with van der Waals surface area (Å²) in [5.41, 5.74) is 1.21. The molecular weight excluding hydrogens is 396 g/mol. The van der Waals surface area contributed by atoms with Crippen molar-refractivity contribution >= 4 is 27.4 Å². The highest BCUT2D eigenvalue weighted by atomic mass is 79.9. The van der Waals surface area contributed by atoms with E-state index in [-0.39, 0.29) is 23.7 Å². The monoisotopic (exact) mass is 413 g/mol. The molecule has 1 rings (SSSR count). The van der Waals surface area contributed by atoms with Crippen LogP contribution in [0.2, 0.25) is 0 Å². The molecule has 0 heterocycles. The number of nitrogens with zero attached hydrogens (tertiary/aromatic N) is 2. The molecule has 0 unspecified atom stereocenters. The van der Waals surface area contributed by atoms with Gasteiger partial charge in [0.1, 0.15) is 17.4 Å². The fraction of sp³-hybridized carbons (Fsp3) is 0.294. The Morgan fingerprint density at radius 1 is 1.52 bits per heavy atom. The van der Waals surface area contributed by atoms with Crippen LogP contribution in [0.1, 0.15) is 5.56 Å². The lowest BCUT2D eigenvalue weighted by Crippen LogP contribution is -2.18. The molecule has 134 valence electrons. The van der Waals surface area contributed by atoms with Gasteiger partial charge in [-0.1, -0.05) is 6.08 Å². The Morgan fingerprint density at radius 2 is 2.20 bits per heavy atom. The summed E-state index contributed by atoms with van der Waals surface area (Å²) in [5.74, 6) is -0.390. The smallest absolute Gasteiger partial charge is 0.387 e. The summed E-state index contributed by atoms with van der Waals surface area (Å²) in [6, 6.07) is 4.85. The predicted molar refractivity (Wildman–Crippen MR) is 95.6 cm³/mol. The minimum absolute atomic E-state index is 0.00561. The molecule has 0 spiro atoms. The average Bonchev–Trinajstić information content (AvgIpc) is 2.53. The molecule has 0 radical (unpaired) electrons. The van der Waals surface area contributed by atoms with E-state index in [4.69, 9.17) is 5.26 Å². The van der Waals surface area contributed by atoms with Gasteiger partial charge in [-0.15, -0.1) is 6.58 Å². The molecule has 1 N–H and O–H groups in total. The second-order valence-electron chi connectivity index (χ2n) is 5.21. The molecule has 0 saturated carbocycles. The highest BCUT2D eigenvalue weighted by Gasteiger charge is 2.14. The van der Waals surface area contributed by atoms with Gasteiger partial charge in [0.25, 0.3) is 0 Å². The van der Waals surface area contributed by atoms with E-state index in [1.807, 2.05) is 6.07 Å². The second-order valence-corrected chi connectivity index (χ2v) is 6.06. The van der Waals surface area contributed by atoms with Crippen molar-refractivity contribution in [3.63, 3.8) is 0 Å². The molecule has 0 aliphatic carbocycles. The van der Waals surface area contributed by atoms with Crippen LogP contribution in [0.4, 0.5) is 14.5 Å². The summed E-state index contributed by atoms with van der Waals surface area (Å²) in [7, 11) is 3.41. The molecule has 25 heavy (non-hydrogen) atoms. The number of rotatable bonds is 9. The van der Waals surface area contributed by atoms with Crippen molar-refractivity contribution in [2.24, 2.45) is 0 Å². The molecule has 8 heteroatoms. The summed E-state index contributed by atoms with van der Waals surface area (Å²) in [5, 5.41) is 12.0. The molecule has 1 aromatic rings. The lowest BCUT2D eigenvalue weighted by atomic mass is 10.1. The third-order valence-electron chi connectivity index (χ3n) is 2.99. The number of hydrogen-bond acceptors (Lipinski definition) is 5. The Balaban J connectivity index is 3.01. The zero-order valence-corrected chi connectivity index (χ0v) is 15.4. The molecule has 1 aromatic carbocycles. The molecule has 0 amide bonds. The number of ketones is 1. The van der Waals surface area contributed by atoms with Crippen LogP contribution in [-0.4, -0.2) is 37.9 Å². The summed E-state index contributed by atoms with van der Waals surface area (Å²) in [4.78, 5) is 13.7. The summed E-state index contributed by atoms with van der Waals surface area (Å²) >= 11 is 3.16. The van der Waals surface area contributed by atoms with Crippen molar-refractivity contribution < 1.29 is 18.3 Å². The van der Waals surface area contributed by atoms with Crippen LogP contribution in [0.5, 0.6) is 5.75 Å². The Hall–Kier alpha value is -2.40. The van der Waals surface area contributed by atoms with Crippen LogP contribution in [0.3, 0.4) is 0 Å². The molecule has 0 atom stereocenters. The van der Waals surface area contributed by atoms with Gasteiger partial charge >= 0.3 is 6.61 Å². The number of allylic oxidation sites excluding steroid dienone is 1. The van der Waals surface area contributed by atoms with Crippen LogP contribution >= 0.6 is 15.9 Å². The normalized spacial score (nSPS) is 11.0. The number of ether oxygens (including phenoxy) is 1. The highest BCUT2D eigenvalue weighted by Crippen LogP contribution is 2.33. The van der Waals surface area contributed by atoms with Gasteiger partial charge < -0.3 is 15.0 Å². The van der Waals surface area contributed by atoms with Crippen LogP contribution in [-0.2, 0) is 11.2 Å². The van der Waals surface area contributed by atoms with Gasteiger partial charge in [-0.25, -0.2) is 0 Å². The molecule has 0 bridgehead atoms. The number of hydrogen-bond donors (Lipinski definition) is 1. The van der Waals surface area contributed by atoms with Gasteiger partial charge in [-0.2, -0.15) is 14.0 Å². The maximum Gasteiger partial charge on any atom is 0.387 e. The third kappa shape index (κ3) is 6.55. The highest BCUT2D eigenvalue weighted by molar-refractivity contribution is 9.10. The van der Waals surface area contributed by atoms with Crippen LogP contribution in [0.25, 0.3) is 0 Å². The Kier molecular flexibility index (Phi) is 8.08. The number of benzene rings is 1. The maximum absolute atomic E-state index is 12.4. The van der Waals surface area contributed by atoms with Gasteiger partial charge in [-0.05, 0) is 40.0 Å². The summed E-state index contributed by atoms with van der Waals surface area (Å²) in [6.07, 6.45) is 3.43. The Labute approximate surface area is 153 Å². The first-order valence-electron chi connectivity index (χ1n) is 7.22. The number of anilines is 1. The Morgan fingerprint density at radius 3 is 2.72 bits per heavy atom. The van der Waals surface area contributed by atoms with E-state index < -0.39 is 6.61 Å². The molecule has 0 saturated heterocycles. The number of alkyl halides is 2. The number of carbonyl (C=O) groups excluding carboxylic acids is 1. The van der Waals surface area contributed by atoms with Crippen molar-refractivity contribution in [1.29, 1.82) is 5.26 Å². The van der Waals surface area contributed by atoms with Crippen molar-refractivity contribution in [3.05, 3.63) is 46.6 Å². The van der Waals surface area contributed by atoms with Gasteiger partial charge in [0.15, 0.2) is 5.78 Å². The third-order valence-corrected chi connectivity index (χ3v) is 3.61. The first-order valence-corrected chi connectivity index (χ1v) is 8.01. The standard InChI is InChI=1S/C17H18BrF2N3O2/c1-4-5-11-6-16(25-17(19)20)13(18)7-14(11)22-9-15(24)12(8-21)10-23(2)3/h4,6-7,10,17,22H,1,5,9H2,2-3H3/b12-10+. The predicted octanol–water partition coefficient (Wildman–Crippen LogP) is 3.73. The van der Waals surface area contributed by atoms with E-state index in [0.717, 1.165) is 0 Å². The van der Waals surface area contributed by atoms with Crippen molar-refractivity contribution in [1.82, 2.24) is 4.90 Å². The lowest BCUT2D eigenvalue weighted by Gasteiger charge is -2.15. The largest absolute Gasteiger partial charge is 0.434 e. The van der Waals surface area contributed by atoms with E-state index >= 15 is 0 Å². The minimum Gasteiger partial charge on any atom is -0.434 e. The first kappa shape index (κ1) is 20.6. The Bertz CT molecular complexity index is 713. The van der Waals surface area contributed by atoms with E-state index in [1.54, 1.807) is 31.1 Å². The zero-order chi connectivity index (χ0) is 19.0. The van der Waals surface area contributed by atoms with Gasteiger partial charge in [0.2, 0.25) is 0 Å². The number of nitrogens with one attached hydrogen (secondary N) is 1. The quantitative estimate of drug-likeness (QED) is 0.379. The number of carbonyl (C=O) groups is 1. The van der Waals surface area contributed by atoms with Gasteiger partial charge in [0.05, 0.1) is 11.0 Å².